The van der Waals surface area contributed by atoms with Gasteiger partial charge in [0.25, 0.3) is 0 Å². The summed E-state index contributed by atoms with van der Waals surface area (Å²) in [4.78, 5) is 33.3. The van der Waals surface area contributed by atoms with Crippen LogP contribution in [0.25, 0.3) is 22.3 Å². The lowest BCUT2D eigenvalue weighted by Gasteiger charge is -2.27. The first kappa shape index (κ1) is 37.6. The zero-order chi connectivity index (χ0) is 40.5. The molecule has 4 aliphatic heterocycles. The van der Waals surface area contributed by atoms with Crippen LogP contribution in [0.5, 0.6) is 0 Å². The van der Waals surface area contributed by atoms with Gasteiger partial charge in [-0.25, -0.2) is 9.98 Å². The summed E-state index contributed by atoms with van der Waals surface area (Å²) in [5.74, 6) is 0. The zero-order valence-corrected chi connectivity index (χ0v) is 32.4. The van der Waals surface area contributed by atoms with Crippen LogP contribution in [-0.2, 0) is 4.52 Å². The van der Waals surface area contributed by atoms with Gasteiger partial charge < -0.3 is 20.4 Å². The molecule has 0 radical (unpaired) electrons. The second kappa shape index (κ2) is 15.7. The molecular formula is C47H36N5O6P. The molecule has 6 bridgehead atoms. The van der Waals surface area contributed by atoms with Crippen LogP contribution in [0, 0.1) is 15.3 Å². The van der Waals surface area contributed by atoms with Crippen LogP contribution in [0.4, 0.5) is 0 Å². The highest BCUT2D eigenvalue weighted by Crippen LogP contribution is 2.61. The summed E-state index contributed by atoms with van der Waals surface area (Å²) in [5.41, 5.74) is 11.9. The van der Waals surface area contributed by atoms with Crippen molar-refractivity contribution in [3.8, 4) is 0 Å². The highest BCUT2D eigenvalue weighted by Gasteiger charge is 2.51. The average molecular weight is 798 g/mol. The van der Waals surface area contributed by atoms with Gasteiger partial charge in [-0.1, -0.05) is 121 Å². The van der Waals surface area contributed by atoms with Crippen LogP contribution < -0.4 is 10.7 Å². The van der Waals surface area contributed by atoms with Gasteiger partial charge in [0, 0.05) is 28.9 Å². The van der Waals surface area contributed by atoms with Crippen molar-refractivity contribution in [3.63, 3.8) is 0 Å². The number of allylic oxidation sites excluding steroid dienone is 4. The van der Waals surface area contributed by atoms with Gasteiger partial charge >= 0.3 is 8.02 Å². The summed E-state index contributed by atoms with van der Waals surface area (Å²) < 4.78 is 11.1. The quantitative estimate of drug-likeness (QED) is 0.0706. The average Bonchev–Trinajstić information content (AvgIpc) is 4.09. The molecule has 12 heteroatoms. The minimum Gasteiger partial charge on any atom is -0.396 e. The molecule has 0 fully saturated rings. The van der Waals surface area contributed by atoms with Crippen molar-refractivity contribution in [1.82, 2.24) is 8.68 Å². The smallest absolute Gasteiger partial charge is 0.396 e. The first-order valence-corrected chi connectivity index (χ1v) is 20.6. The Morgan fingerprint density at radius 1 is 0.542 bits per heavy atom. The van der Waals surface area contributed by atoms with Crippen LogP contribution in [-0.4, -0.2) is 48.4 Å². The highest BCUT2D eigenvalue weighted by molar-refractivity contribution is 7.62. The number of benzene rings is 4. The molecule has 1 unspecified atom stereocenters. The van der Waals surface area contributed by atoms with Gasteiger partial charge in [0.1, 0.15) is 6.61 Å². The molecule has 4 aliphatic rings. The highest BCUT2D eigenvalue weighted by atomic mass is 31.2. The molecule has 6 heterocycles. The lowest BCUT2D eigenvalue weighted by Crippen LogP contribution is -2.37. The van der Waals surface area contributed by atoms with Crippen molar-refractivity contribution in [2.45, 2.75) is 6.42 Å². The largest absolute Gasteiger partial charge is 0.494 e. The van der Waals surface area contributed by atoms with Crippen molar-refractivity contribution in [2.24, 2.45) is 9.98 Å². The molecule has 10 rings (SSSR count). The lowest BCUT2D eigenvalue weighted by molar-refractivity contribution is -0.402. The molecule has 0 spiro atoms. The SMILES string of the molecule is O=[N+]([O-])[O-].OCCCO[P+]1(O)n2c3ccc2C(c2ccccc2)=C2C=CC(=N2)C(c2ccccc2)=c2ccc(n21)=C(c1ccccc1)C1=NC(=C3c2ccccc2)C=C1. The van der Waals surface area contributed by atoms with E-state index in [0.29, 0.717) is 6.42 Å². The maximum Gasteiger partial charge on any atom is 0.494 e. The summed E-state index contributed by atoms with van der Waals surface area (Å²) in [5, 5.41) is 26.4. The predicted molar refractivity (Wildman–Crippen MR) is 232 cm³/mol. The molecule has 2 N–H and O–H groups in total. The number of fused-ring (bicyclic) bond motifs is 2. The minimum atomic E-state index is -4.02. The third-order valence-corrected chi connectivity index (χ3v) is 12.8. The Labute approximate surface area is 339 Å². The van der Waals surface area contributed by atoms with Gasteiger partial charge in [-0.15, -0.1) is 8.68 Å². The Morgan fingerprint density at radius 2 is 0.915 bits per heavy atom. The third-order valence-electron chi connectivity index (χ3n) is 10.4. The topological polar surface area (TPSA) is 150 Å². The number of aliphatic imine (C=N–C) groups is 2. The summed E-state index contributed by atoms with van der Waals surface area (Å²) in [6, 6.07) is 49.2. The second-order valence-electron chi connectivity index (χ2n) is 13.9. The summed E-state index contributed by atoms with van der Waals surface area (Å²) >= 11 is 0. The van der Waals surface area contributed by atoms with Crippen LogP contribution in [0.3, 0.4) is 0 Å². The van der Waals surface area contributed by atoms with Crippen molar-refractivity contribution in [2.75, 3.05) is 13.2 Å². The molecule has 59 heavy (non-hydrogen) atoms. The van der Waals surface area contributed by atoms with Crippen LogP contribution in [0.2, 0.25) is 0 Å². The predicted octanol–water partition coefficient (Wildman–Crippen LogP) is 7.48. The standard InChI is InChI=1S/C47H36N4O3P.NO3/c52-30-13-31-54-55(53)50-40-26-27-41(50)46(34-18-9-3-10-19-34)38-24-25-39(49-38)47(35-20-11-4-12-21-35)43-29-28-42(51(43)55)45(33-16-7-2-8-17-33)37-23-22-36(48-37)44(40)32-14-5-1-6-15-32;2-1(3)4/h1-12,14-29,52-53H,13,30-31H2;/q+1;-1. The molecule has 2 aromatic heterocycles. The Morgan fingerprint density at radius 3 is 1.29 bits per heavy atom. The van der Waals surface area contributed by atoms with E-state index in [1.165, 1.54) is 0 Å². The molecule has 0 amide bonds. The molecule has 4 aromatic carbocycles. The van der Waals surface area contributed by atoms with Crippen molar-refractivity contribution >= 4 is 41.7 Å². The molecular weight excluding hydrogens is 762 g/mol. The van der Waals surface area contributed by atoms with Crippen LogP contribution in [0.15, 0.2) is 191 Å². The van der Waals surface area contributed by atoms with E-state index in [4.69, 9.17) is 29.8 Å². The first-order chi connectivity index (χ1) is 28.9. The normalized spacial score (nSPS) is 17.4. The monoisotopic (exact) mass is 797 g/mol. The maximum absolute atomic E-state index is 14.2. The van der Waals surface area contributed by atoms with E-state index in [1.54, 1.807) is 0 Å². The molecule has 0 saturated heterocycles. The molecule has 0 saturated carbocycles. The van der Waals surface area contributed by atoms with Gasteiger partial charge in [-0.3, -0.25) is 0 Å². The Balaban J connectivity index is 0.00000108. The Hall–Kier alpha value is -7.01. The summed E-state index contributed by atoms with van der Waals surface area (Å²) in [6.07, 6.45) is 8.65. The van der Waals surface area contributed by atoms with Gasteiger partial charge in [0.15, 0.2) is 0 Å². The third kappa shape index (κ3) is 6.72. The van der Waals surface area contributed by atoms with E-state index in [2.05, 4.69) is 97.1 Å². The number of hydrogen-bond acceptors (Lipinski definition) is 8. The molecule has 0 aliphatic carbocycles. The van der Waals surface area contributed by atoms with E-state index in [-0.39, 0.29) is 13.2 Å². The van der Waals surface area contributed by atoms with Gasteiger partial charge in [0.05, 0.1) is 50.0 Å². The first-order valence-electron chi connectivity index (χ1n) is 19.0. The van der Waals surface area contributed by atoms with Gasteiger partial charge in [-0.05, 0) is 77.2 Å². The fourth-order valence-corrected chi connectivity index (χ4v) is 10.6. The van der Waals surface area contributed by atoms with E-state index in [9.17, 15) is 10.00 Å². The number of aliphatic hydroxyl groups excluding tert-OH is 1. The zero-order valence-electron chi connectivity index (χ0n) is 31.5. The molecule has 6 aromatic rings. The van der Waals surface area contributed by atoms with Crippen LogP contribution >= 0.6 is 8.02 Å². The van der Waals surface area contributed by atoms with Crippen molar-refractivity contribution in [1.29, 1.82) is 0 Å². The van der Waals surface area contributed by atoms with E-state index >= 15 is 0 Å². The number of rotatable bonds is 8. The van der Waals surface area contributed by atoms with Crippen molar-refractivity contribution < 1.29 is 19.6 Å². The van der Waals surface area contributed by atoms with E-state index < -0.39 is 13.1 Å². The number of aliphatic hydroxyl groups is 1. The van der Waals surface area contributed by atoms with Crippen molar-refractivity contribution in [3.05, 3.63) is 241 Å². The van der Waals surface area contributed by atoms with E-state index in [1.807, 2.05) is 81.5 Å². The number of nitrogens with zero attached hydrogens (tertiary/aromatic N) is 5. The Bertz CT molecular complexity index is 2750. The summed E-state index contributed by atoms with van der Waals surface area (Å²) in [6.45, 7) is 0.0305. The van der Waals surface area contributed by atoms with Gasteiger partial charge in [0.2, 0.25) is 0 Å². The second-order valence-corrected chi connectivity index (χ2v) is 16.0. The van der Waals surface area contributed by atoms with E-state index in [0.717, 1.165) is 89.4 Å². The molecule has 1 atom stereocenters. The molecule has 11 nitrogen and oxygen atoms in total. The maximum atomic E-state index is 14.2. The number of aromatic nitrogens is 2. The molecule has 290 valence electrons. The minimum absolute atomic E-state index is 0.0837. The fraction of sp³-hybridized carbons (Fsp3) is 0.0638. The fourth-order valence-electron chi connectivity index (χ4n) is 8.04. The summed E-state index contributed by atoms with van der Waals surface area (Å²) in [7, 11) is -4.02. The van der Waals surface area contributed by atoms with Gasteiger partial charge in [-0.2, -0.15) is 9.42 Å². The lowest BCUT2D eigenvalue weighted by atomic mass is 10.0. The van der Waals surface area contributed by atoms with Crippen LogP contribution in [0.1, 0.15) is 40.1 Å². The Kier molecular flexibility index (Phi) is 10.0. The number of hydrogen-bond donors (Lipinski definition) is 2.